The Balaban J connectivity index is 1.91. The van der Waals surface area contributed by atoms with Crippen LogP contribution in [0.3, 0.4) is 0 Å². The van der Waals surface area contributed by atoms with E-state index < -0.39 is 5.60 Å². The molecule has 1 fully saturated rings. The molecule has 1 aromatic rings. The zero-order valence-corrected chi connectivity index (χ0v) is 15.3. The molecule has 2 heterocycles. The minimum atomic E-state index is -0.706. The van der Waals surface area contributed by atoms with Gasteiger partial charge in [-0.05, 0) is 27.2 Å². The number of amides is 2. The van der Waals surface area contributed by atoms with E-state index >= 15 is 0 Å². The average molecular weight is 340 g/mol. The van der Waals surface area contributed by atoms with E-state index in [-0.39, 0.29) is 18.1 Å². The van der Waals surface area contributed by atoms with Crippen molar-refractivity contribution in [2.24, 2.45) is 0 Å². The molecule has 2 N–H and O–H groups in total. The van der Waals surface area contributed by atoms with E-state index in [2.05, 4.69) is 29.0 Å². The Hall–Kier alpha value is -1.18. The molecule has 130 valence electrons. The van der Waals surface area contributed by atoms with Gasteiger partial charge in [-0.3, -0.25) is 4.90 Å². The van der Waals surface area contributed by atoms with Crippen molar-refractivity contribution in [2.45, 2.75) is 51.8 Å². The smallest absolute Gasteiger partial charge is 0.318 e. The van der Waals surface area contributed by atoms with Crippen LogP contribution < -0.4 is 5.32 Å². The molecule has 0 radical (unpaired) electrons. The summed E-state index contributed by atoms with van der Waals surface area (Å²) in [7, 11) is 0. The minimum absolute atomic E-state index is 0.0240. The van der Waals surface area contributed by atoms with E-state index in [1.54, 1.807) is 17.5 Å². The lowest BCUT2D eigenvalue weighted by molar-refractivity contribution is 0.0117. The Labute approximate surface area is 142 Å². The molecular formula is C16H28N4O2S. The molecule has 23 heavy (non-hydrogen) atoms. The number of aromatic nitrogens is 1. The first-order chi connectivity index (χ1) is 10.8. The van der Waals surface area contributed by atoms with Gasteiger partial charge >= 0.3 is 6.03 Å². The highest BCUT2D eigenvalue weighted by Crippen LogP contribution is 2.20. The van der Waals surface area contributed by atoms with Gasteiger partial charge in [-0.2, -0.15) is 0 Å². The summed E-state index contributed by atoms with van der Waals surface area (Å²) in [6.07, 6.45) is 2.60. The van der Waals surface area contributed by atoms with E-state index in [0.717, 1.165) is 24.5 Å². The first kappa shape index (κ1) is 18.2. The monoisotopic (exact) mass is 340 g/mol. The second-order valence-electron chi connectivity index (χ2n) is 6.87. The maximum absolute atomic E-state index is 12.6. The summed E-state index contributed by atoms with van der Waals surface area (Å²) in [5.74, 6) is 0. The molecule has 0 aromatic carbocycles. The lowest BCUT2D eigenvalue weighted by Crippen LogP contribution is -2.58. The fourth-order valence-corrected chi connectivity index (χ4v) is 3.78. The van der Waals surface area contributed by atoms with Crippen LogP contribution in [0.5, 0.6) is 0 Å². The number of thiazole rings is 1. The van der Waals surface area contributed by atoms with Crippen molar-refractivity contribution in [3.05, 3.63) is 16.6 Å². The van der Waals surface area contributed by atoms with Gasteiger partial charge in [0.05, 0.1) is 11.6 Å². The summed E-state index contributed by atoms with van der Waals surface area (Å²) in [5.41, 5.74) is -0.706. The van der Waals surface area contributed by atoms with Crippen molar-refractivity contribution in [2.75, 3.05) is 26.2 Å². The third kappa shape index (κ3) is 5.16. The topological polar surface area (TPSA) is 68.7 Å². The third-order valence-corrected chi connectivity index (χ3v) is 4.93. The van der Waals surface area contributed by atoms with Crippen molar-refractivity contribution in [1.29, 1.82) is 0 Å². The van der Waals surface area contributed by atoms with Crippen LogP contribution in [0.2, 0.25) is 0 Å². The van der Waals surface area contributed by atoms with Gasteiger partial charge in [-0.15, -0.1) is 11.3 Å². The number of hydrogen-bond donors (Lipinski definition) is 2. The van der Waals surface area contributed by atoms with Crippen LogP contribution in [-0.2, 0) is 0 Å². The molecule has 1 saturated heterocycles. The van der Waals surface area contributed by atoms with Crippen LogP contribution in [0, 0.1) is 0 Å². The van der Waals surface area contributed by atoms with Gasteiger partial charge in [0, 0.05) is 43.8 Å². The van der Waals surface area contributed by atoms with Crippen molar-refractivity contribution < 1.29 is 9.90 Å². The molecule has 2 rings (SSSR count). The Kier molecular flexibility index (Phi) is 6.00. The molecule has 2 amide bonds. The molecule has 0 aliphatic carbocycles. The summed E-state index contributed by atoms with van der Waals surface area (Å²) in [6, 6.07) is 0.0754. The maximum Gasteiger partial charge on any atom is 0.318 e. The largest absolute Gasteiger partial charge is 0.389 e. The number of hydrogen-bond acceptors (Lipinski definition) is 5. The van der Waals surface area contributed by atoms with Crippen molar-refractivity contribution in [1.82, 2.24) is 20.1 Å². The minimum Gasteiger partial charge on any atom is -0.389 e. The summed E-state index contributed by atoms with van der Waals surface area (Å²) < 4.78 is 0. The molecule has 1 aliphatic rings. The van der Waals surface area contributed by atoms with Crippen LogP contribution in [-0.4, -0.2) is 63.7 Å². The van der Waals surface area contributed by atoms with Crippen LogP contribution >= 0.6 is 11.3 Å². The summed E-state index contributed by atoms with van der Waals surface area (Å²) in [5, 5.41) is 15.9. The Morgan fingerprint density at radius 1 is 1.57 bits per heavy atom. The molecule has 0 saturated carbocycles. The summed E-state index contributed by atoms with van der Waals surface area (Å²) in [6.45, 7) is 10.6. The molecule has 2 atom stereocenters. The molecular weight excluding hydrogens is 312 g/mol. The van der Waals surface area contributed by atoms with Gasteiger partial charge in [0.25, 0.3) is 0 Å². The van der Waals surface area contributed by atoms with Crippen molar-refractivity contribution >= 4 is 17.4 Å². The lowest BCUT2D eigenvalue weighted by atomic mass is 10.1. The number of β-amino-alcohol motifs (C(OH)–C–C–N with tert-alkyl or cyclic N) is 1. The van der Waals surface area contributed by atoms with E-state index in [0.29, 0.717) is 13.1 Å². The van der Waals surface area contributed by atoms with E-state index in [1.807, 2.05) is 24.1 Å². The second kappa shape index (κ2) is 7.59. The zero-order valence-electron chi connectivity index (χ0n) is 14.5. The first-order valence-corrected chi connectivity index (χ1v) is 9.09. The molecule has 7 heteroatoms. The predicted octanol–water partition coefficient (Wildman–Crippen LogP) is 2.08. The molecule has 0 unspecified atom stereocenters. The first-order valence-electron chi connectivity index (χ1n) is 8.21. The number of aliphatic hydroxyl groups is 1. The van der Waals surface area contributed by atoms with Crippen molar-refractivity contribution in [3.63, 3.8) is 0 Å². The van der Waals surface area contributed by atoms with Crippen LogP contribution in [0.4, 0.5) is 4.79 Å². The highest BCUT2D eigenvalue weighted by Gasteiger charge is 2.30. The van der Waals surface area contributed by atoms with Gasteiger partial charge in [0.2, 0.25) is 0 Å². The highest BCUT2D eigenvalue weighted by molar-refractivity contribution is 7.09. The SMILES string of the molecule is CC[C@H](NC(=O)N1CCN(CC(C)(C)O)C[C@H]1C)c1nccs1. The molecule has 6 nitrogen and oxygen atoms in total. The van der Waals surface area contributed by atoms with Gasteiger partial charge in [-0.25, -0.2) is 9.78 Å². The molecule has 0 bridgehead atoms. The number of carbonyl (C=O) groups is 1. The second-order valence-corrected chi connectivity index (χ2v) is 7.80. The molecule has 1 aliphatic heterocycles. The number of rotatable bonds is 5. The number of nitrogens with one attached hydrogen (secondary N) is 1. The Bertz CT molecular complexity index is 501. The standard InChI is InChI=1S/C16H28N4O2S/c1-5-13(14-17-6-9-23-14)18-15(21)20-8-7-19(10-12(20)2)11-16(3,4)22/h6,9,12-13,22H,5,7-8,10-11H2,1-4H3,(H,18,21)/t12-,13+/m1/s1. The average Bonchev–Trinajstić information content (AvgIpc) is 2.96. The molecule has 1 aromatic heterocycles. The Morgan fingerprint density at radius 3 is 2.83 bits per heavy atom. The fraction of sp³-hybridized carbons (Fsp3) is 0.750. The van der Waals surface area contributed by atoms with Crippen LogP contribution in [0.15, 0.2) is 11.6 Å². The van der Waals surface area contributed by atoms with Crippen molar-refractivity contribution in [3.8, 4) is 0 Å². The van der Waals surface area contributed by atoms with Gasteiger partial charge in [-0.1, -0.05) is 6.92 Å². The van der Waals surface area contributed by atoms with Crippen LogP contribution in [0.25, 0.3) is 0 Å². The number of urea groups is 1. The predicted molar refractivity (Wildman–Crippen MR) is 92.6 cm³/mol. The lowest BCUT2D eigenvalue weighted by Gasteiger charge is -2.41. The van der Waals surface area contributed by atoms with E-state index in [1.165, 1.54) is 0 Å². The highest BCUT2D eigenvalue weighted by atomic mass is 32.1. The normalized spacial score (nSPS) is 21.3. The number of nitrogens with zero attached hydrogens (tertiary/aromatic N) is 3. The van der Waals surface area contributed by atoms with E-state index in [4.69, 9.17) is 0 Å². The van der Waals surface area contributed by atoms with Gasteiger partial charge < -0.3 is 15.3 Å². The number of carbonyl (C=O) groups excluding carboxylic acids is 1. The summed E-state index contributed by atoms with van der Waals surface area (Å²) >= 11 is 1.57. The quantitative estimate of drug-likeness (QED) is 0.861. The zero-order chi connectivity index (χ0) is 17.0. The van der Waals surface area contributed by atoms with Gasteiger partial charge in [0.15, 0.2) is 0 Å². The van der Waals surface area contributed by atoms with Crippen LogP contribution in [0.1, 0.15) is 45.2 Å². The molecule has 0 spiro atoms. The fourth-order valence-electron chi connectivity index (χ4n) is 3.00. The Morgan fingerprint density at radius 2 is 2.30 bits per heavy atom. The van der Waals surface area contributed by atoms with Gasteiger partial charge in [0.1, 0.15) is 5.01 Å². The summed E-state index contributed by atoms with van der Waals surface area (Å²) in [4.78, 5) is 21.0. The number of piperazine rings is 1. The third-order valence-electron chi connectivity index (χ3n) is 4.04. The van der Waals surface area contributed by atoms with E-state index in [9.17, 15) is 9.90 Å². The maximum atomic E-state index is 12.6.